The molecule has 6 nitrogen and oxygen atoms in total. The number of aromatic nitrogens is 2. The normalized spacial score (nSPS) is 10.8. The molecule has 0 bridgehead atoms. The smallest absolute Gasteiger partial charge is 0.449 e. The molecule has 0 radical (unpaired) electrons. The minimum atomic E-state index is -1.43. The number of aromatic amines is 1. The number of nitrogens with one attached hydrogen (secondary N) is 1. The Bertz CT molecular complexity index is 1000. The maximum Gasteiger partial charge on any atom is 0.511 e. The monoisotopic (exact) mass is 364 g/mol. The average Bonchev–Trinajstić information content (AvgIpc) is 2.50. The van der Waals surface area contributed by atoms with Crippen molar-refractivity contribution in [3.05, 3.63) is 68.2 Å². The quantitative estimate of drug-likeness (QED) is 0.543. The number of hydrogen-bond donors (Lipinski definition) is 2. The van der Waals surface area contributed by atoms with Crippen LogP contribution >= 0.6 is 23.2 Å². The first-order chi connectivity index (χ1) is 11.4. The number of nitrogens with zero attached hydrogens (tertiary/aromatic N) is 1. The third kappa shape index (κ3) is 3.50. The van der Waals surface area contributed by atoms with Crippen LogP contribution in [-0.4, -0.2) is 21.2 Å². The van der Waals surface area contributed by atoms with Gasteiger partial charge in [-0.25, -0.2) is 9.78 Å². The van der Waals surface area contributed by atoms with Crippen molar-refractivity contribution >= 4 is 40.3 Å². The van der Waals surface area contributed by atoms with Gasteiger partial charge in [-0.15, -0.1) is 0 Å². The van der Waals surface area contributed by atoms with Crippen molar-refractivity contribution in [2.45, 2.75) is 6.42 Å². The molecule has 0 aliphatic carbocycles. The first-order valence-electron chi connectivity index (χ1n) is 6.80. The lowest BCUT2D eigenvalue weighted by atomic mass is 10.1. The van der Waals surface area contributed by atoms with Crippen molar-refractivity contribution in [1.29, 1.82) is 0 Å². The molecule has 3 rings (SSSR count). The van der Waals surface area contributed by atoms with E-state index in [0.717, 1.165) is 5.56 Å². The van der Waals surface area contributed by atoms with E-state index in [9.17, 15) is 9.59 Å². The third-order valence-corrected chi connectivity index (χ3v) is 4.03. The van der Waals surface area contributed by atoms with Gasteiger partial charge in [-0.1, -0.05) is 29.3 Å². The number of fused-ring (bicyclic) bond motifs is 1. The Morgan fingerprint density at radius 3 is 2.67 bits per heavy atom. The topological polar surface area (TPSA) is 92.3 Å². The number of ether oxygens (including phenoxy) is 1. The van der Waals surface area contributed by atoms with E-state index in [0.29, 0.717) is 33.2 Å². The summed E-state index contributed by atoms with van der Waals surface area (Å²) in [7, 11) is 0. The molecule has 1 heterocycles. The van der Waals surface area contributed by atoms with Gasteiger partial charge in [0.2, 0.25) is 0 Å². The van der Waals surface area contributed by atoms with E-state index in [4.69, 9.17) is 28.3 Å². The molecule has 2 N–H and O–H groups in total. The van der Waals surface area contributed by atoms with E-state index < -0.39 is 6.16 Å². The summed E-state index contributed by atoms with van der Waals surface area (Å²) in [5.74, 6) is 0.506. The van der Waals surface area contributed by atoms with Crippen LogP contribution in [-0.2, 0) is 6.42 Å². The molecule has 0 saturated heterocycles. The highest BCUT2D eigenvalue weighted by atomic mass is 35.5. The van der Waals surface area contributed by atoms with Gasteiger partial charge in [0.25, 0.3) is 5.56 Å². The minimum Gasteiger partial charge on any atom is -0.449 e. The van der Waals surface area contributed by atoms with Gasteiger partial charge in [-0.05, 0) is 29.8 Å². The molecule has 0 atom stereocenters. The molecular weight excluding hydrogens is 355 g/mol. The maximum atomic E-state index is 12.1. The van der Waals surface area contributed by atoms with Crippen LogP contribution in [0.4, 0.5) is 4.79 Å². The van der Waals surface area contributed by atoms with Gasteiger partial charge in [-0.2, -0.15) is 0 Å². The highest BCUT2D eigenvalue weighted by molar-refractivity contribution is 6.42. The van der Waals surface area contributed by atoms with Crippen LogP contribution in [0.5, 0.6) is 5.75 Å². The van der Waals surface area contributed by atoms with Crippen molar-refractivity contribution in [3.8, 4) is 5.75 Å². The third-order valence-electron chi connectivity index (χ3n) is 3.29. The Labute approximate surface area is 145 Å². The first kappa shape index (κ1) is 16.3. The summed E-state index contributed by atoms with van der Waals surface area (Å²) in [5, 5.41) is 9.85. The number of benzene rings is 2. The molecule has 8 heteroatoms. The number of H-pyrrole nitrogens is 1. The summed E-state index contributed by atoms with van der Waals surface area (Å²) in [6.45, 7) is 0. The molecule has 24 heavy (non-hydrogen) atoms. The molecule has 0 fully saturated rings. The second-order valence-corrected chi connectivity index (χ2v) is 5.80. The van der Waals surface area contributed by atoms with Gasteiger partial charge in [-0.3, -0.25) is 4.79 Å². The number of rotatable bonds is 3. The van der Waals surface area contributed by atoms with Crippen molar-refractivity contribution in [2.75, 3.05) is 0 Å². The molecule has 3 aromatic rings. The van der Waals surface area contributed by atoms with Crippen LogP contribution in [0.3, 0.4) is 0 Å². The van der Waals surface area contributed by atoms with Crippen LogP contribution in [0.25, 0.3) is 10.9 Å². The summed E-state index contributed by atoms with van der Waals surface area (Å²) in [6.07, 6.45) is -1.10. The zero-order chi connectivity index (χ0) is 17.3. The Hall–Kier alpha value is -2.57. The second kappa shape index (κ2) is 6.51. The Kier molecular flexibility index (Phi) is 4.42. The summed E-state index contributed by atoms with van der Waals surface area (Å²) in [4.78, 5) is 29.8. The number of carboxylic acid groups (broad SMARTS) is 1. The van der Waals surface area contributed by atoms with Crippen molar-refractivity contribution in [3.63, 3.8) is 0 Å². The van der Waals surface area contributed by atoms with Gasteiger partial charge < -0.3 is 14.8 Å². The molecule has 0 saturated carbocycles. The fourth-order valence-corrected chi connectivity index (χ4v) is 2.58. The predicted octanol–water partition coefficient (Wildman–Crippen LogP) is 3.88. The van der Waals surface area contributed by atoms with Gasteiger partial charge in [0, 0.05) is 12.5 Å². The molecule has 1 aromatic heterocycles. The van der Waals surface area contributed by atoms with Crippen LogP contribution in [0, 0.1) is 0 Å². The SMILES string of the molecule is O=C(O)Oc1ccc2c(=O)[nH]c(Cc3ccc(Cl)c(Cl)c3)nc2c1. The fraction of sp³-hybridized carbons (Fsp3) is 0.0625. The molecule has 0 aliphatic rings. The van der Waals surface area contributed by atoms with Gasteiger partial charge in [0.05, 0.1) is 20.9 Å². The highest BCUT2D eigenvalue weighted by Gasteiger charge is 2.09. The molecule has 122 valence electrons. The number of carbonyl (C=O) groups is 1. The summed E-state index contributed by atoms with van der Waals surface area (Å²) in [6, 6.07) is 9.39. The van der Waals surface area contributed by atoms with E-state index >= 15 is 0 Å². The molecule has 0 spiro atoms. The Balaban J connectivity index is 2.00. The second-order valence-electron chi connectivity index (χ2n) is 4.98. The van der Waals surface area contributed by atoms with Gasteiger partial charge in [0.1, 0.15) is 11.6 Å². The molecular formula is C16H10Cl2N2O4. The molecule has 0 aliphatic heterocycles. The largest absolute Gasteiger partial charge is 0.511 e. The fourth-order valence-electron chi connectivity index (χ4n) is 2.26. The summed E-state index contributed by atoms with van der Waals surface area (Å²) >= 11 is 11.9. The molecule has 0 unspecified atom stereocenters. The lowest BCUT2D eigenvalue weighted by Crippen LogP contribution is -2.12. The number of halogens is 2. The van der Waals surface area contributed by atoms with E-state index in [1.807, 2.05) is 0 Å². The lowest BCUT2D eigenvalue weighted by molar-refractivity contribution is 0.144. The molecule has 2 aromatic carbocycles. The van der Waals surface area contributed by atoms with Crippen LogP contribution in [0.1, 0.15) is 11.4 Å². The summed E-state index contributed by atoms with van der Waals surface area (Å²) < 4.78 is 4.58. The first-order valence-corrected chi connectivity index (χ1v) is 7.55. The van der Waals surface area contributed by atoms with Gasteiger partial charge in [0.15, 0.2) is 0 Å². The maximum absolute atomic E-state index is 12.1. The standard InChI is InChI=1S/C16H10Cl2N2O4/c17-11-4-1-8(5-12(11)18)6-14-19-13-7-9(24-16(22)23)2-3-10(13)15(21)20-14/h1-5,7H,6H2,(H,22,23)(H,19,20,21). The zero-order valence-electron chi connectivity index (χ0n) is 12.0. The van der Waals surface area contributed by atoms with Crippen molar-refractivity contribution in [2.24, 2.45) is 0 Å². The van der Waals surface area contributed by atoms with Crippen LogP contribution in [0.2, 0.25) is 10.0 Å². The minimum absolute atomic E-state index is 0.0913. The highest BCUT2D eigenvalue weighted by Crippen LogP contribution is 2.24. The zero-order valence-corrected chi connectivity index (χ0v) is 13.6. The van der Waals surface area contributed by atoms with Crippen LogP contribution in [0.15, 0.2) is 41.2 Å². The van der Waals surface area contributed by atoms with E-state index in [2.05, 4.69) is 14.7 Å². The summed E-state index contributed by atoms with van der Waals surface area (Å²) in [5.41, 5.74) is 0.842. The Morgan fingerprint density at radius 2 is 1.96 bits per heavy atom. The lowest BCUT2D eigenvalue weighted by Gasteiger charge is -2.06. The van der Waals surface area contributed by atoms with E-state index in [-0.39, 0.29) is 11.3 Å². The average molecular weight is 365 g/mol. The number of hydrogen-bond acceptors (Lipinski definition) is 4. The van der Waals surface area contributed by atoms with E-state index in [1.165, 1.54) is 18.2 Å². The van der Waals surface area contributed by atoms with Gasteiger partial charge >= 0.3 is 6.16 Å². The Morgan fingerprint density at radius 1 is 1.17 bits per heavy atom. The molecule has 0 amide bonds. The van der Waals surface area contributed by atoms with Crippen LogP contribution < -0.4 is 10.3 Å². The van der Waals surface area contributed by atoms with Crippen molar-refractivity contribution < 1.29 is 14.6 Å². The van der Waals surface area contributed by atoms with Crippen molar-refractivity contribution in [1.82, 2.24) is 9.97 Å². The predicted molar refractivity (Wildman–Crippen MR) is 90.3 cm³/mol. The van der Waals surface area contributed by atoms with E-state index in [1.54, 1.807) is 18.2 Å².